The lowest BCUT2D eigenvalue weighted by molar-refractivity contribution is 0.0951. The van der Waals surface area contributed by atoms with E-state index in [2.05, 4.69) is 37.1 Å². The maximum atomic E-state index is 11.9. The minimum atomic E-state index is -0.0639. The van der Waals surface area contributed by atoms with E-state index in [4.69, 9.17) is 4.98 Å². The van der Waals surface area contributed by atoms with Crippen LogP contribution in [0.1, 0.15) is 55.9 Å². The lowest BCUT2D eigenvalue weighted by Gasteiger charge is -2.34. The topological polar surface area (TPSA) is 57.8 Å². The van der Waals surface area contributed by atoms with Crippen LogP contribution in [-0.4, -0.2) is 22.4 Å². The zero-order chi connectivity index (χ0) is 15.9. The normalized spacial score (nSPS) is 18.3. The highest BCUT2D eigenvalue weighted by Gasteiger charge is 2.29. The lowest BCUT2D eigenvalue weighted by Crippen LogP contribution is -2.27. The van der Waals surface area contributed by atoms with Gasteiger partial charge in [0.05, 0.1) is 11.0 Å². The number of aryl methyl sites for hydroxylation is 1. The van der Waals surface area contributed by atoms with Crippen LogP contribution in [0.4, 0.5) is 0 Å². The zero-order valence-corrected chi connectivity index (χ0v) is 13.9. The summed E-state index contributed by atoms with van der Waals surface area (Å²) in [5.74, 6) is 0.628. The van der Waals surface area contributed by atoms with E-state index in [1.54, 1.807) is 0 Å². The number of hydrogen-bond acceptors (Lipinski definition) is 2. The number of amides is 1. The maximum Gasteiger partial charge on any atom is 0.267 e. The minimum Gasteiger partial charge on any atom is -0.351 e. The van der Waals surface area contributed by atoms with E-state index in [0.29, 0.717) is 23.6 Å². The highest BCUT2D eigenvalue weighted by atomic mass is 16.1. The molecule has 0 radical (unpaired) electrons. The van der Waals surface area contributed by atoms with Gasteiger partial charge in [0.1, 0.15) is 5.69 Å². The number of nitrogens with zero attached hydrogens (tertiary/aromatic N) is 1. The summed E-state index contributed by atoms with van der Waals surface area (Å²) in [6.45, 7) is 9.50. The summed E-state index contributed by atoms with van der Waals surface area (Å²) in [6.07, 6.45) is 3.31. The predicted octanol–water partition coefficient (Wildman–Crippen LogP) is 3.46. The average molecular weight is 299 g/mol. The van der Waals surface area contributed by atoms with Gasteiger partial charge in [0.25, 0.3) is 5.91 Å². The third-order valence-electron chi connectivity index (χ3n) is 4.77. The molecule has 0 fully saturated rings. The summed E-state index contributed by atoms with van der Waals surface area (Å²) < 4.78 is 0. The van der Waals surface area contributed by atoms with Crippen LogP contribution in [-0.2, 0) is 12.8 Å². The highest BCUT2D eigenvalue weighted by Crippen LogP contribution is 2.37. The Bertz CT molecular complexity index is 709. The van der Waals surface area contributed by atoms with E-state index < -0.39 is 0 Å². The number of H-pyrrole nitrogens is 1. The average Bonchev–Trinajstić information content (AvgIpc) is 2.86. The second-order valence-electron chi connectivity index (χ2n) is 7.38. The molecular formula is C18H25N3O. The van der Waals surface area contributed by atoms with Gasteiger partial charge in [-0.25, -0.2) is 0 Å². The molecule has 0 saturated heterocycles. The van der Waals surface area contributed by atoms with Crippen LogP contribution in [0.2, 0.25) is 0 Å². The van der Waals surface area contributed by atoms with Gasteiger partial charge in [-0.05, 0) is 55.2 Å². The Morgan fingerprint density at radius 1 is 1.41 bits per heavy atom. The van der Waals surface area contributed by atoms with Crippen molar-refractivity contribution in [1.82, 2.24) is 15.3 Å². The van der Waals surface area contributed by atoms with Gasteiger partial charge >= 0.3 is 0 Å². The molecule has 2 N–H and O–H groups in total. The van der Waals surface area contributed by atoms with Crippen LogP contribution in [0.25, 0.3) is 11.0 Å². The SMILES string of the molecule is CCNC(=O)c1cc2nc3c(cc2[nH]1)CC(C(C)(C)C)CC3. The fourth-order valence-corrected chi connectivity index (χ4v) is 3.33. The van der Waals surface area contributed by atoms with Crippen molar-refractivity contribution in [3.63, 3.8) is 0 Å². The first-order valence-corrected chi connectivity index (χ1v) is 8.18. The number of carbonyl (C=O) groups excluding carboxylic acids is 1. The molecule has 0 spiro atoms. The van der Waals surface area contributed by atoms with Gasteiger partial charge in [-0.15, -0.1) is 0 Å². The first kappa shape index (κ1) is 15.1. The summed E-state index contributed by atoms with van der Waals surface area (Å²) in [6, 6.07) is 4.05. The Hall–Kier alpha value is -1.84. The van der Waals surface area contributed by atoms with E-state index in [-0.39, 0.29) is 5.91 Å². The fourth-order valence-electron chi connectivity index (χ4n) is 3.33. The van der Waals surface area contributed by atoms with Gasteiger partial charge in [-0.3, -0.25) is 9.78 Å². The molecule has 0 aliphatic heterocycles. The Balaban J connectivity index is 1.95. The third-order valence-corrected chi connectivity index (χ3v) is 4.77. The smallest absolute Gasteiger partial charge is 0.267 e. The second kappa shape index (κ2) is 5.41. The highest BCUT2D eigenvalue weighted by molar-refractivity contribution is 5.97. The predicted molar refractivity (Wildman–Crippen MR) is 89.1 cm³/mol. The van der Waals surface area contributed by atoms with Gasteiger partial charge in [0.2, 0.25) is 0 Å². The molecule has 1 aliphatic carbocycles. The number of aromatic nitrogens is 2. The molecule has 0 bridgehead atoms. The monoisotopic (exact) mass is 299 g/mol. The molecule has 0 saturated carbocycles. The largest absolute Gasteiger partial charge is 0.351 e. The van der Waals surface area contributed by atoms with Gasteiger partial charge in [-0.2, -0.15) is 0 Å². The molecule has 2 aromatic heterocycles. The number of aromatic amines is 1. The maximum absolute atomic E-state index is 11.9. The van der Waals surface area contributed by atoms with Crippen molar-refractivity contribution in [3.05, 3.63) is 29.1 Å². The molecule has 4 nitrogen and oxygen atoms in total. The molecule has 1 aliphatic rings. The number of hydrogen-bond donors (Lipinski definition) is 2. The third kappa shape index (κ3) is 2.74. The van der Waals surface area contributed by atoms with Crippen molar-refractivity contribution in [1.29, 1.82) is 0 Å². The molecule has 22 heavy (non-hydrogen) atoms. The van der Waals surface area contributed by atoms with Gasteiger partial charge in [-0.1, -0.05) is 20.8 Å². The Morgan fingerprint density at radius 3 is 2.86 bits per heavy atom. The Labute approximate surface area is 131 Å². The van der Waals surface area contributed by atoms with Gasteiger partial charge < -0.3 is 10.3 Å². The van der Waals surface area contributed by atoms with Crippen LogP contribution in [0.5, 0.6) is 0 Å². The number of nitrogens with one attached hydrogen (secondary N) is 2. The minimum absolute atomic E-state index is 0.0639. The van der Waals surface area contributed by atoms with Crippen LogP contribution < -0.4 is 5.32 Å². The van der Waals surface area contributed by atoms with Crippen molar-refractivity contribution in [3.8, 4) is 0 Å². The molecule has 2 aromatic rings. The molecule has 118 valence electrons. The standard InChI is InChI=1S/C18H25N3O/c1-5-19-17(22)16-10-15-14(21-16)9-11-8-12(18(2,3)4)6-7-13(11)20-15/h9-10,12,21H,5-8H2,1-4H3,(H,19,22). The molecule has 1 unspecified atom stereocenters. The second-order valence-corrected chi connectivity index (χ2v) is 7.38. The van der Waals surface area contributed by atoms with Crippen molar-refractivity contribution in [2.75, 3.05) is 6.54 Å². The van der Waals surface area contributed by atoms with Crippen LogP contribution >= 0.6 is 0 Å². The quantitative estimate of drug-likeness (QED) is 0.892. The van der Waals surface area contributed by atoms with Crippen LogP contribution in [0, 0.1) is 11.3 Å². The zero-order valence-electron chi connectivity index (χ0n) is 13.9. The summed E-state index contributed by atoms with van der Waals surface area (Å²) >= 11 is 0. The number of rotatable bonds is 2. The van der Waals surface area contributed by atoms with E-state index in [0.717, 1.165) is 23.9 Å². The molecule has 1 amide bonds. The fraction of sp³-hybridized carbons (Fsp3) is 0.556. The van der Waals surface area contributed by atoms with E-state index in [1.165, 1.54) is 17.7 Å². The molecule has 2 heterocycles. The summed E-state index contributed by atoms with van der Waals surface area (Å²) in [5, 5.41) is 2.82. The van der Waals surface area contributed by atoms with Crippen molar-refractivity contribution < 1.29 is 4.79 Å². The molecule has 3 rings (SSSR count). The summed E-state index contributed by atoms with van der Waals surface area (Å²) in [7, 11) is 0. The van der Waals surface area contributed by atoms with Crippen LogP contribution in [0.15, 0.2) is 12.1 Å². The molecule has 1 atom stereocenters. The molecule has 4 heteroatoms. The van der Waals surface area contributed by atoms with Gasteiger partial charge in [0.15, 0.2) is 0 Å². The molecular weight excluding hydrogens is 274 g/mol. The van der Waals surface area contributed by atoms with Crippen molar-refractivity contribution in [2.45, 2.75) is 47.0 Å². The first-order chi connectivity index (χ1) is 10.4. The number of carbonyl (C=O) groups is 1. The number of fused-ring (bicyclic) bond motifs is 2. The van der Waals surface area contributed by atoms with Crippen LogP contribution in [0.3, 0.4) is 0 Å². The van der Waals surface area contributed by atoms with E-state index in [9.17, 15) is 4.79 Å². The lowest BCUT2D eigenvalue weighted by atomic mass is 9.71. The summed E-state index contributed by atoms with van der Waals surface area (Å²) in [4.78, 5) is 19.9. The Kier molecular flexibility index (Phi) is 3.71. The van der Waals surface area contributed by atoms with Crippen molar-refractivity contribution >= 4 is 16.9 Å². The Morgan fingerprint density at radius 2 is 2.18 bits per heavy atom. The summed E-state index contributed by atoms with van der Waals surface area (Å²) in [5.41, 5.74) is 5.33. The van der Waals surface area contributed by atoms with E-state index in [1.807, 2.05) is 13.0 Å². The van der Waals surface area contributed by atoms with Gasteiger partial charge in [0, 0.05) is 12.2 Å². The molecule has 0 aromatic carbocycles. The number of pyridine rings is 1. The first-order valence-electron chi connectivity index (χ1n) is 8.18. The van der Waals surface area contributed by atoms with E-state index >= 15 is 0 Å². The van der Waals surface area contributed by atoms with Crippen molar-refractivity contribution in [2.24, 2.45) is 11.3 Å².